The van der Waals surface area contributed by atoms with E-state index < -0.39 is 0 Å². The van der Waals surface area contributed by atoms with Gasteiger partial charge < -0.3 is 10.5 Å². The van der Waals surface area contributed by atoms with Gasteiger partial charge in [-0.2, -0.15) is 0 Å². The molecule has 8 heteroatoms. The Hall–Kier alpha value is -1.54. The fraction of sp³-hybridized carbons (Fsp3) is 0.846. The summed E-state index contributed by atoms with van der Waals surface area (Å²) < 4.78 is 6.89. The molecule has 1 aliphatic rings. The van der Waals surface area contributed by atoms with Crippen LogP contribution in [0.4, 0.5) is 0 Å². The maximum Gasteiger partial charge on any atom is 0.220 e. The normalized spacial score (nSPS) is 18.8. The van der Waals surface area contributed by atoms with Crippen LogP contribution in [0.3, 0.4) is 0 Å². The van der Waals surface area contributed by atoms with E-state index in [1.807, 2.05) is 0 Å². The Kier molecular flexibility index (Phi) is 5.63. The SMILES string of the molecule is CC[C@H](c1nnnn1CCOC)N1CCC(C(N)=O)CC1. The lowest BCUT2D eigenvalue weighted by Gasteiger charge is -2.35. The van der Waals surface area contributed by atoms with Crippen LogP contribution in [-0.2, 0) is 16.1 Å². The summed E-state index contributed by atoms with van der Waals surface area (Å²) in [7, 11) is 1.66. The standard InChI is InChI=1S/C13H24N6O2/c1-3-11(13-15-16-17-19(13)8-9-21-2)18-6-4-10(5-7-18)12(14)20/h10-11H,3-9H2,1-2H3,(H2,14,20)/t11-/m1/s1. The molecule has 2 rings (SSSR count). The van der Waals surface area contributed by atoms with E-state index in [9.17, 15) is 4.79 Å². The number of aromatic nitrogens is 4. The number of primary amides is 1. The van der Waals surface area contributed by atoms with Crippen molar-refractivity contribution in [3.8, 4) is 0 Å². The largest absolute Gasteiger partial charge is 0.383 e. The second-order valence-electron chi connectivity index (χ2n) is 5.39. The van der Waals surface area contributed by atoms with Crippen molar-refractivity contribution in [3.05, 3.63) is 5.82 Å². The molecule has 1 atom stereocenters. The molecule has 8 nitrogen and oxygen atoms in total. The first-order chi connectivity index (χ1) is 10.2. The summed E-state index contributed by atoms with van der Waals surface area (Å²) in [5, 5.41) is 12.0. The second kappa shape index (κ2) is 7.46. The molecule has 0 aliphatic carbocycles. The third-order valence-electron chi connectivity index (χ3n) is 4.12. The van der Waals surface area contributed by atoms with Gasteiger partial charge in [0.15, 0.2) is 5.82 Å². The summed E-state index contributed by atoms with van der Waals surface area (Å²) in [6.07, 6.45) is 2.55. The van der Waals surface area contributed by atoms with Crippen LogP contribution in [0.1, 0.15) is 38.1 Å². The van der Waals surface area contributed by atoms with Crippen LogP contribution in [0.2, 0.25) is 0 Å². The summed E-state index contributed by atoms with van der Waals surface area (Å²) in [5.41, 5.74) is 5.39. The van der Waals surface area contributed by atoms with Gasteiger partial charge in [-0.1, -0.05) is 6.92 Å². The minimum absolute atomic E-state index is 0.00300. The van der Waals surface area contributed by atoms with Crippen molar-refractivity contribution < 1.29 is 9.53 Å². The number of likely N-dealkylation sites (tertiary alicyclic amines) is 1. The maximum absolute atomic E-state index is 11.3. The van der Waals surface area contributed by atoms with E-state index in [4.69, 9.17) is 10.5 Å². The highest BCUT2D eigenvalue weighted by Crippen LogP contribution is 2.27. The van der Waals surface area contributed by atoms with Crippen molar-refractivity contribution in [1.82, 2.24) is 25.1 Å². The summed E-state index contributed by atoms with van der Waals surface area (Å²) in [6, 6.07) is 0.172. The smallest absolute Gasteiger partial charge is 0.220 e. The van der Waals surface area contributed by atoms with Gasteiger partial charge in [0.25, 0.3) is 0 Å². The van der Waals surface area contributed by atoms with E-state index >= 15 is 0 Å². The highest BCUT2D eigenvalue weighted by Gasteiger charge is 2.30. The van der Waals surface area contributed by atoms with Gasteiger partial charge in [0.1, 0.15) is 0 Å². The van der Waals surface area contributed by atoms with Crippen molar-refractivity contribution >= 4 is 5.91 Å². The molecule has 0 unspecified atom stereocenters. The van der Waals surface area contributed by atoms with E-state index in [0.29, 0.717) is 13.2 Å². The van der Waals surface area contributed by atoms with Crippen molar-refractivity contribution in [1.29, 1.82) is 0 Å². The molecule has 118 valence electrons. The molecule has 2 heterocycles. The lowest BCUT2D eigenvalue weighted by Crippen LogP contribution is -2.41. The number of carbonyl (C=O) groups is 1. The molecule has 0 aromatic carbocycles. The molecule has 1 fully saturated rings. The lowest BCUT2D eigenvalue weighted by atomic mass is 9.94. The Morgan fingerprint density at radius 3 is 2.76 bits per heavy atom. The zero-order valence-corrected chi connectivity index (χ0v) is 12.7. The van der Waals surface area contributed by atoms with E-state index in [2.05, 4.69) is 27.3 Å². The molecule has 1 aliphatic heterocycles. The molecule has 1 amide bonds. The monoisotopic (exact) mass is 296 g/mol. The molecule has 21 heavy (non-hydrogen) atoms. The topological polar surface area (TPSA) is 99.2 Å². The van der Waals surface area contributed by atoms with Crippen molar-refractivity contribution in [3.63, 3.8) is 0 Å². The van der Waals surface area contributed by atoms with Gasteiger partial charge in [0.2, 0.25) is 5.91 Å². The van der Waals surface area contributed by atoms with E-state index in [-0.39, 0.29) is 17.9 Å². The number of carbonyl (C=O) groups excluding carboxylic acids is 1. The van der Waals surface area contributed by atoms with Crippen LogP contribution in [-0.4, -0.2) is 57.8 Å². The Balaban J connectivity index is 2.03. The van der Waals surface area contributed by atoms with Crippen molar-refractivity contribution in [2.24, 2.45) is 11.7 Å². The number of piperidine rings is 1. The van der Waals surface area contributed by atoms with Gasteiger partial charge in [-0.05, 0) is 42.8 Å². The fourth-order valence-corrected chi connectivity index (χ4v) is 2.89. The molecule has 1 aromatic rings. The quantitative estimate of drug-likeness (QED) is 0.758. The number of nitrogens with two attached hydrogens (primary N) is 1. The summed E-state index contributed by atoms with van der Waals surface area (Å²) >= 11 is 0. The summed E-state index contributed by atoms with van der Waals surface area (Å²) in [4.78, 5) is 13.6. The number of hydrogen-bond donors (Lipinski definition) is 1. The van der Waals surface area contributed by atoms with E-state index in [0.717, 1.165) is 38.2 Å². The van der Waals surface area contributed by atoms with Crippen LogP contribution in [0.25, 0.3) is 0 Å². The highest BCUT2D eigenvalue weighted by atomic mass is 16.5. The highest BCUT2D eigenvalue weighted by molar-refractivity contribution is 5.76. The Bertz CT molecular complexity index is 455. The molecule has 0 bridgehead atoms. The Labute approximate surface area is 124 Å². The Morgan fingerprint density at radius 2 is 2.19 bits per heavy atom. The van der Waals surface area contributed by atoms with Gasteiger partial charge in [-0.15, -0.1) is 5.10 Å². The zero-order chi connectivity index (χ0) is 15.2. The number of hydrogen-bond acceptors (Lipinski definition) is 6. The Morgan fingerprint density at radius 1 is 1.48 bits per heavy atom. The minimum atomic E-state index is -0.187. The summed E-state index contributed by atoms with van der Waals surface area (Å²) in [5.74, 6) is 0.683. The van der Waals surface area contributed by atoms with Gasteiger partial charge in [-0.3, -0.25) is 9.69 Å². The van der Waals surface area contributed by atoms with Crippen LogP contribution in [0, 0.1) is 5.92 Å². The van der Waals surface area contributed by atoms with Crippen LogP contribution >= 0.6 is 0 Å². The van der Waals surface area contributed by atoms with Crippen molar-refractivity contribution in [2.75, 3.05) is 26.8 Å². The average Bonchev–Trinajstić information content (AvgIpc) is 2.95. The molecular weight excluding hydrogens is 272 g/mol. The average molecular weight is 296 g/mol. The molecule has 0 spiro atoms. The number of amides is 1. The van der Waals surface area contributed by atoms with Gasteiger partial charge in [-0.25, -0.2) is 4.68 Å². The molecule has 0 radical (unpaired) electrons. The van der Waals surface area contributed by atoms with E-state index in [1.54, 1.807) is 11.8 Å². The molecule has 1 saturated heterocycles. The van der Waals surface area contributed by atoms with Gasteiger partial charge >= 0.3 is 0 Å². The number of tetrazole rings is 1. The molecule has 1 aromatic heterocycles. The molecule has 0 saturated carbocycles. The lowest BCUT2D eigenvalue weighted by molar-refractivity contribution is -0.123. The second-order valence-corrected chi connectivity index (χ2v) is 5.39. The number of methoxy groups -OCH3 is 1. The van der Waals surface area contributed by atoms with E-state index in [1.165, 1.54) is 0 Å². The van der Waals surface area contributed by atoms with Crippen molar-refractivity contribution in [2.45, 2.75) is 38.8 Å². The number of ether oxygens (including phenoxy) is 1. The number of rotatable bonds is 7. The zero-order valence-electron chi connectivity index (χ0n) is 12.7. The first-order valence-electron chi connectivity index (χ1n) is 7.45. The summed E-state index contributed by atoms with van der Waals surface area (Å²) in [6.45, 7) is 5.05. The van der Waals surface area contributed by atoms with Crippen LogP contribution in [0.5, 0.6) is 0 Å². The molecular formula is C13H24N6O2. The van der Waals surface area contributed by atoms with Crippen LogP contribution in [0.15, 0.2) is 0 Å². The first kappa shape index (κ1) is 15.8. The predicted molar refractivity (Wildman–Crippen MR) is 76.2 cm³/mol. The maximum atomic E-state index is 11.3. The van der Waals surface area contributed by atoms with Gasteiger partial charge in [0.05, 0.1) is 19.2 Å². The third kappa shape index (κ3) is 3.76. The first-order valence-corrected chi connectivity index (χ1v) is 7.45. The third-order valence-corrected chi connectivity index (χ3v) is 4.12. The van der Waals surface area contributed by atoms with Gasteiger partial charge in [0, 0.05) is 13.0 Å². The van der Waals surface area contributed by atoms with Crippen LogP contribution < -0.4 is 5.73 Å². The molecule has 2 N–H and O–H groups in total. The fourth-order valence-electron chi connectivity index (χ4n) is 2.89. The number of nitrogens with zero attached hydrogens (tertiary/aromatic N) is 5. The predicted octanol–water partition coefficient (Wildman–Crippen LogP) is -0.0321. The minimum Gasteiger partial charge on any atom is -0.383 e.